The third-order valence-electron chi connectivity index (χ3n) is 8.26. The first-order chi connectivity index (χ1) is 21.1. The summed E-state index contributed by atoms with van der Waals surface area (Å²) in [5.41, 5.74) is 0.914. The Bertz CT molecular complexity index is 1750. The van der Waals surface area contributed by atoms with Gasteiger partial charge >= 0.3 is 5.97 Å². The van der Waals surface area contributed by atoms with Gasteiger partial charge in [0.1, 0.15) is 35.4 Å². The lowest BCUT2D eigenvalue weighted by Gasteiger charge is -2.27. The number of allylic oxidation sites excluding steroid dienone is 2. The summed E-state index contributed by atoms with van der Waals surface area (Å²) in [7, 11) is 1.45. The zero-order chi connectivity index (χ0) is 31.3. The van der Waals surface area contributed by atoms with Gasteiger partial charge in [-0.05, 0) is 53.8 Å². The molecule has 2 aromatic carbocycles. The number of carbonyl (C=O) groups excluding carboxylic acids is 3. The van der Waals surface area contributed by atoms with Crippen molar-refractivity contribution >= 4 is 35.8 Å². The first-order valence-electron chi connectivity index (χ1n) is 13.8. The zero-order valence-corrected chi connectivity index (χ0v) is 23.4. The lowest BCUT2D eigenvalue weighted by Crippen LogP contribution is -2.32. The molecule has 4 atom stereocenters. The first-order valence-corrected chi connectivity index (χ1v) is 13.8. The highest BCUT2D eigenvalue weighted by Crippen LogP contribution is 2.53. The first kappa shape index (κ1) is 29.0. The third-order valence-corrected chi connectivity index (χ3v) is 8.26. The summed E-state index contributed by atoms with van der Waals surface area (Å²) >= 11 is 0. The number of benzene rings is 2. The fourth-order valence-electron chi connectivity index (χ4n) is 6.26. The van der Waals surface area contributed by atoms with Gasteiger partial charge in [-0.3, -0.25) is 19.4 Å². The largest absolute Gasteiger partial charge is 0.507 e. The highest BCUT2D eigenvalue weighted by Gasteiger charge is 2.36. The number of carboxylic acid groups (broad SMARTS) is 1. The van der Waals surface area contributed by atoms with E-state index >= 15 is 0 Å². The summed E-state index contributed by atoms with van der Waals surface area (Å²) in [6, 6.07) is 2.81. The van der Waals surface area contributed by atoms with Crippen molar-refractivity contribution in [2.75, 3.05) is 13.7 Å². The van der Waals surface area contributed by atoms with Gasteiger partial charge < -0.3 is 34.6 Å². The van der Waals surface area contributed by atoms with Crippen molar-refractivity contribution in [1.29, 1.82) is 0 Å². The van der Waals surface area contributed by atoms with Gasteiger partial charge in [0.25, 0.3) is 6.47 Å². The molecule has 0 saturated carbocycles. The third kappa shape index (κ3) is 4.77. The molecular weight excluding hydrogens is 574 g/mol. The summed E-state index contributed by atoms with van der Waals surface area (Å²) in [6.07, 6.45) is 5.25. The Morgan fingerprint density at radius 1 is 1.02 bits per heavy atom. The molecule has 3 aliphatic carbocycles. The highest BCUT2D eigenvalue weighted by molar-refractivity contribution is 6.45. The molecule has 12 nitrogen and oxygen atoms in total. The normalized spacial score (nSPS) is 25.0. The lowest BCUT2D eigenvalue weighted by molar-refractivity contribution is -0.120. The van der Waals surface area contributed by atoms with Gasteiger partial charge in [-0.1, -0.05) is 12.2 Å². The van der Waals surface area contributed by atoms with Crippen LogP contribution in [0.4, 0.5) is 0 Å². The molecular formula is C32H27NO11. The highest BCUT2D eigenvalue weighted by atomic mass is 16.5. The average Bonchev–Trinajstić information content (AvgIpc) is 3.61. The fraction of sp³-hybridized carbons (Fsp3) is 0.281. The van der Waals surface area contributed by atoms with Crippen molar-refractivity contribution < 1.29 is 53.8 Å². The van der Waals surface area contributed by atoms with E-state index in [1.807, 2.05) is 0 Å². The number of fused-ring (bicyclic) bond motifs is 5. The average molecular weight is 602 g/mol. The number of nitrogens with zero attached hydrogens (tertiary/aromatic N) is 1. The minimum Gasteiger partial charge on any atom is -0.507 e. The standard InChI is InChI=1S/C32H27NO11/c1-42-22-4-2-14-8-16-9-17-11-19(32(40)41)31(43-13-34)30(39)25(17)24(16)29(38)26(14)28(37)20(35)3-5-23(22)44-18-10-15-6-7-33-27(15)21(36)12-18/h2-5,8,11-13,15,20,22-23,35,38-39H,6-7,9-10H2,1H3,(H,40,41)/b4-2+,5-3+. The van der Waals surface area contributed by atoms with Gasteiger partial charge in [0.2, 0.25) is 5.78 Å². The van der Waals surface area contributed by atoms with Gasteiger partial charge in [-0.25, -0.2) is 4.79 Å². The zero-order valence-electron chi connectivity index (χ0n) is 23.4. The van der Waals surface area contributed by atoms with Crippen molar-refractivity contribution in [3.8, 4) is 28.4 Å². The van der Waals surface area contributed by atoms with Gasteiger partial charge in [0.05, 0.1) is 11.3 Å². The minimum absolute atomic E-state index is 0.00931. The van der Waals surface area contributed by atoms with Crippen LogP contribution >= 0.6 is 0 Å². The van der Waals surface area contributed by atoms with Crippen molar-refractivity contribution in [3.05, 3.63) is 70.0 Å². The molecule has 4 N–H and O–H groups in total. The number of methoxy groups -OCH3 is 1. The monoisotopic (exact) mass is 601 g/mol. The second-order valence-electron chi connectivity index (χ2n) is 10.8. The number of Topliss-reactive ketones (excluding diaryl/α,β-unsaturated/α-hetero) is 1. The molecule has 12 heteroatoms. The molecule has 4 aliphatic rings. The molecule has 0 saturated heterocycles. The number of carbonyl (C=O) groups is 4. The number of carboxylic acids is 1. The summed E-state index contributed by atoms with van der Waals surface area (Å²) in [4.78, 5) is 53.2. The number of phenolic OH excluding ortho intramolecular Hbond substituents is 2. The molecule has 0 amide bonds. The van der Waals surface area contributed by atoms with Crippen molar-refractivity contribution in [1.82, 2.24) is 0 Å². The fourth-order valence-corrected chi connectivity index (χ4v) is 6.26. The van der Waals surface area contributed by atoms with E-state index in [2.05, 4.69) is 4.99 Å². The van der Waals surface area contributed by atoms with Crippen LogP contribution in [0.2, 0.25) is 0 Å². The maximum Gasteiger partial charge on any atom is 0.339 e. The molecule has 1 heterocycles. The van der Waals surface area contributed by atoms with Crippen LogP contribution in [-0.4, -0.2) is 82.1 Å². The Morgan fingerprint density at radius 3 is 2.50 bits per heavy atom. The minimum atomic E-state index is -1.72. The Morgan fingerprint density at radius 2 is 1.77 bits per heavy atom. The summed E-state index contributed by atoms with van der Waals surface area (Å²) in [6.45, 7) is 0.558. The van der Waals surface area contributed by atoms with E-state index in [0.29, 0.717) is 35.6 Å². The molecule has 226 valence electrons. The number of aliphatic hydroxyl groups is 1. The Labute approximate surface area is 250 Å². The molecule has 0 fully saturated rings. The topological polar surface area (TPSA) is 189 Å². The molecule has 0 aromatic heterocycles. The smallest absolute Gasteiger partial charge is 0.339 e. The second kappa shape index (κ2) is 11.2. The quantitative estimate of drug-likeness (QED) is 0.240. The maximum absolute atomic E-state index is 13.6. The molecule has 0 spiro atoms. The van der Waals surface area contributed by atoms with E-state index in [4.69, 9.17) is 14.2 Å². The lowest BCUT2D eigenvalue weighted by atomic mass is 9.89. The summed E-state index contributed by atoms with van der Waals surface area (Å²) in [5, 5.41) is 42.9. The number of rotatable bonds is 6. The predicted molar refractivity (Wildman–Crippen MR) is 154 cm³/mol. The van der Waals surface area contributed by atoms with Crippen LogP contribution in [0.1, 0.15) is 50.2 Å². The molecule has 6 rings (SSSR count). The van der Waals surface area contributed by atoms with Crippen molar-refractivity contribution in [2.24, 2.45) is 10.9 Å². The number of hydrogen-bond acceptors (Lipinski definition) is 11. The summed E-state index contributed by atoms with van der Waals surface area (Å²) in [5.74, 6) is -3.92. The van der Waals surface area contributed by atoms with Crippen LogP contribution < -0.4 is 4.74 Å². The number of aliphatic imine (C=N–C) groups is 1. The predicted octanol–water partition coefficient (Wildman–Crippen LogP) is 2.75. The molecule has 44 heavy (non-hydrogen) atoms. The Balaban J connectivity index is 1.41. The van der Waals surface area contributed by atoms with Crippen LogP contribution in [0.25, 0.3) is 17.2 Å². The van der Waals surface area contributed by atoms with Gasteiger partial charge in [-0.15, -0.1) is 0 Å². The number of ketones is 2. The van der Waals surface area contributed by atoms with Crippen LogP contribution in [0.15, 0.2) is 47.2 Å². The summed E-state index contributed by atoms with van der Waals surface area (Å²) < 4.78 is 16.6. The molecule has 4 unspecified atom stereocenters. The van der Waals surface area contributed by atoms with E-state index < -0.39 is 52.9 Å². The number of aromatic hydroxyl groups is 2. The second-order valence-corrected chi connectivity index (χ2v) is 10.8. The number of aliphatic hydroxyl groups excluding tert-OH is 1. The molecule has 0 radical (unpaired) electrons. The van der Waals surface area contributed by atoms with Crippen LogP contribution in [0, 0.1) is 5.92 Å². The van der Waals surface area contributed by atoms with E-state index in [1.54, 1.807) is 12.1 Å². The van der Waals surface area contributed by atoms with E-state index in [-0.39, 0.29) is 46.8 Å². The van der Waals surface area contributed by atoms with Gasteiger partial charge in [0.15, 0.2) is 17.3 Å². The maximum atomic E-state index is 13.6. The van der Waals surface area contributed by atoms with Crippen LogP contribution in [-0.2, 0) is 25.5 Å². The molecule has 1 aliphatic heterocycles. The van der Waals surface area contributed by atoms with Gasteiger partial charge in [0, 0.05) is 43.2 Å². The number of ether oxygens (including phenoxy) is 3. The molecule has 0 bridgehead atoms. The molecule has 2 aromatic rings. The number of hydrogen-bond donors (Lipinski definition) is 4. The Hall–Kier alpha value is -5.07. The van der Waals surface area contributed by atoms with Gasteiger partial charge in [-0.2, -0.15) is 0 Å². The van der Waals surface area contributed by atoms with Crippen molar-refractivity contribution in [3.63, 3.8) is 0 Å². The number of phenols is 2. The Kier molecular flexibility index (Phi) is 7.39. The van der Waals surface area contributed by atoms with E-state index in [0.717, 1.165) is 6.42 Å². The SMILES string of the molecule is COC1/C=C/c2cc3c(c(O)c2C(=O)C(O)/C=C/C1OC1=CC(=O)C2=NCCC2C1)-c1c(cc(C(=O)O)c(OC=O)c1O)C3. The van der Waals surface area contributed by atoms with Crippen LogP contribution in [0.5, 0.6) is 17.2 Å². The van der Waals surface area contributed by atoms with Crippen molar-refractivity contribution in [2.45, 2.75) is 37.6 Å². The van der Waals surface area contributed by atoms with E-state index in [1.165, 1.54) is 37.5 Å². The number of aromatic carboxylic acids is 1. The van der Waals surface area contributed by atoms with E-state index in [9.17, 15) is 39.6 Å². The van der Waals surface area contributed by atoms with Crippen LogP contribution in [0.3, 0.4) is 0 Å².